The van der Waals surface area contributed by atoms with Crippen molar-refractivity contribution in [1.29, 1.82) is 5.26 Å². The number of hydrogen-bond donors (Lipinski definition) is 0. The van der Waals surface area contributed by atoms with Gasteiger partial charge in [-0.2, -0.15) is 5.26 Å². The fourth-order valence-electron chi connectivity index (χ4n) is 4.40. The van der Waals surface area contributed by atoms with Gasteiger partial charge in [-0.15, -0.1) is 0 Å². The Morgan fingerprint density at radius 3 is 2.17 bits per heavy atom. The maximum Gasteiger partial charge on any atom is 0.144 e. The van der Waals surface area contributed by atoms with E-state index in [1.807, 2.05) is 0 Å². The molecule has 1 fully saturated rings. The average molecular weight is 394 g/mol. The molecule has 0 aromatic heterocycles. The molecule has 0 atom stereocenters. The van der Waals surface area contributed by atoms with Crippen LogP contribution in [-0.4, -0.2) is 0 Å². The Morgan fingerprint density at radius 1 is 0.966 bits per heavy atom. The zero-order chi connectivity index (χ0) is 20.6. The summed E-state index contributed by atoms with van der Waals surface area (Å²) in [5.41, 5.74) is 2.66. The number of nitriles is 1. The largest absolute Gasteiger partial charge is 0.205 e. The van der Waals surface area contributed by atoms with Crippen LogP contribution in [0.5, 0.6) is 0 Å². The minimum atomic E-state index is -0.779. The Labute approximate surface area is 173 Å². The van der Waals surface area contributed by atoms with Gasteiger partial charge in [0.15, 0.2) is 0 Å². The molecule has 3 rings (SSSR count). The number of allylic oxidation sites excluding steroid dienone is 2. The summed E-state index contributed by atoms with van der Waals surface area (Å²) in [6, 6.07) is 12.8. The minimum Gasteiger partial charge on any atom is -0.205 e. The standard InChI is InChI=1S/C26H29F2N/c1-2-3-4-5-19-8-12-22(13-9-19)23-14-10-20(11-15-23)6-7-21-16-25(27)24(18-29)26(28)17-21/h2-3,10-11,14-17,19,22H,4-9,12-13H2,1H3/b3-2+. The first-order valence-corrected chi connectivity index (χ1v) is 10.7. The molecule has 0 N–H and O–H groups in total. The molecule has 1 saturated carbocycles. The van der Waals surface area contributed by atoms with E-state index < -0.39 is 17.2 Å². The van der Waals surface area contributed by atoms with Crippen LogP contribution in [0.3, 0.4) is 0 Å². The SMILES string of the molecule is C/C=C/CCC1CCC(c2ccc(CCc3cc(F)c(C#N)c(F)c3)cc2)CC1. The normalized spacial score (nSPS) is 19.4. The van der Waals surface area contributed by atoms with Crippen molar-refractivity contribution in [3.05, 3.63) is 82.4 Å². The summed E-state index contributed by atoms with van der Waals surface area (Å²) >= 11 is 0. The highest BCUT2D eigenvalue weighted by Gasteiger charge is 2.21. The van der Waals surface area contributed by atoms with Gasteiger partial charge in [0.2, 0.25) is 0 Å². The second-order valence-electron chi connectivity index (χ2n) is 8.15. The van der Waals surface area contributed by atoms with Crippen molar-refractivity contribution in [3.63, 3.8) is 0 Å². The molecule has 0 unspecified atom stereocenters. The van der Waals surface area contributed by atoms with Gasteiger partial charge < -0.3 is 0 Å². The van der Waals surface area contributed by atoms with Gasteiger partial charge in [0.05, 0.1) is 0 Å². The lowest BCUT2D eigenvalue weighted by molar-refractivity contribution is 0.312. The Bertz CT molecular complexity index is 846. The lowest BCUT2D eigenvalue weighted by Crippen LogP contribution is -2.13. The van der Waals surface area contributed by atoms with Crippen molar-refractivity contribution in [2.75, 3.05) is 0 Å². The molecule has 0 radical (unpaired) electrons. The first-order valence-electron chi connectivity index (χ1n) is 10.7. The number of rotatable bonds is 7. The maximum absolute atomic E-state index is 13.7. The van der Waals surface area contributed by atoms with Gasteiger partial charge in [0.1, 0.15) is 23.3 Å². The molecule has 0 heterocycles. The molecular formula is C26H29F2N. The molecule has 152 valence electrons. The predicted molar refractivity (Wildman–Crippen MR) is 114 cm³/mol. The van der Waals surface area contributed by atoms with Crippen LogP contribution < -0.4 is 0 Å². The van der Waals surface area contributed by atoms with E-state index in [4.69, 9.17) is 5.26 Å². The zero-order valence-electron chi connectivity index (χ0n) is 17.1. The molecule has 1 nitrogen and oxygen atoms in total. The molecule has 0 spiro atoms. The van der Waals surface area contributed by atoms with E-state index in [1.165, 1.54) is 61.8 Å². The Morgan fingerprint density at radius 2 is 1.59 bits per heavy atom. The van der Waals surface area contributed by atoms with E-state index in [9.17, 15) is 8.78 Å². The van der Waals surface area contributed by atoms with Crippen molar-refractivity contribution < 1.29 is 8.78 Å². The lowest BCUT2D eigenvalue weighted by Gasteiger charge is -2.28. The van der Waals surface area contributed by atoms with Crippen LogP contribution in [0.1, 0.15) is 73.6 Å². The molecule has 0 saturated heterocycles. The topological polar surface area (TPSA) is 23.8 Å². The van der Waals surface area contributed by atoms with Gasteiger partial charge in [-0.25, -0.2) is 8.78 Å². The van der Waals surface area contributed by atoms with E-state index >= 15 is 0 Å². The summed E-state index contributed by atoms with van der Waals surface area (Å²) in [6.07, 6.45) is 13.4. The fraction of sp³-hybridized carbons (Fsp3) is 0.423. The van der Waals surface area contributed by atoms with Crippen LogP contribution >= 0.6 is 0 Å². The molecule has 0 bridgehead atoms. The first-order chi connectivity index (χ1) is 14.1. The summed E-state index contributed by atoms with van der Waals surface area (Å²) < 4.78 is 27.5. The highest BCUT2D eigenvalue weighted by Crippen LogP contribution is 2.37. The fourth-order valence-corrected chi connectivity index (χ4v) is 4.40. The summed E-state index contributed by atoms with van der Waals surface area (Å²) in [5, 5.41) is 8.76. The smallest absolute Gasteiger partial charge is 0.144 e. The third kappa shape index (κ3) is 5.76. The predicted octanol–water partition coefficient (Wildman–Crippen LogP) is 7.25. The molecular weight excluding hydrogens is 364 g/mol. The van der Waals surface area contributed by atoms with Crippen molar-refractivity contribution in [3.8, 4) is 6.07 Å². The third-order valence-electron chi connectivity index (χ3n) is 6.19. The summed E-state index contributed by atoms with van der Waals surface area (Å²) in [5.74, 6) is -0.0306. The molecule has 3 heteroatoms. The van der Waals surface area contributed by atoms with Crippen molar-refractivity contribution in [2.24, 2.45) is 5.92 Å². The van der Waals surface area contributed by atoms with Gasteiger partial charge in [0.25, 0.3) is 0 Å². The second kappa shape index (κ2) is 10.3. The van der Waals surface area contributed by atoms with Gasteiger partial charge in [-0.05, 0) is 98.9 Å². The molecule has 29 heavy (non-hydrogen) atoms. The third-order valence-corrected chi connectivity index (χ3v) is 6.19. The molecule has 1 aliphatic rings. The summed E-state index contributed by atoms with van der Waals surface area (Å²) in [4.78, 5) is 0. The van der Waals surface area contributed by atoms with E-state index in [1.54, 1.807) is 6.07 Å². The van der Waals surface area contributed by atoms with Crippen LogP contribution in [-0.2, 0) is 12.8 Å². The molecule has 2 aromatic carbocycles. The zero-order valence-corrected chi connectivity index (χ0v) is 17.1. The van der Waals surface area contributed by atoms with E-state index in [-0.39, 0.29) is 0 Å². The number of nitrogens with zero attached hydrogens (tertiary/aromatic N) is 1. The van der Waals surface area contributed by atoms with Gasteiger partial charge in [-0.3, -0.25) is 0 Å². The van der Waals surface area contributed by atoms with Crippen molar-refractivity contribution in [1.82, 2.24) is 0 Å². The van der Waals surface area contributed by atoms with E-state index in [0.717, 1.165) is 12.3 Å². The number of halogens is 2. The van der Waals surface area contributed by atoms with Crippen LogP contribution in [0, 0.1) is 28.9 Å². The van der Waals surface area contributed by atoms with Gasteiger partial charge in [0, 0.05) is 0 Å². The van der Waals surface area contributed by atoms with Crippen LogP contribution in [0.2, 0.25) is 0 Å². The summed E-state index contributed by atoms with van der Waals surface area (Å²) in [7, 11) is 0. The van der Waals surface area contributed by atoms with Gasteiger partial charge in [-0.1, -0.05) is 36.4 Å². The van der Waals surface area contributed by atoms with E-state index in [2.05, 4.69) is 43.3 Å². The van der Waals surface area contributed by atoms with Crippen molar-refractivity contribution in [2.45, 2.75) is 64.2 Å². The number of benzene rings is 2. The first kappa shape index (κ1) is 21.2. The molecule has 0 amide bonds. The Kier molecular flexibility index (Phi) is 7.58. The monoisotopic (exact) mass is 393 g/mol. The summed E-state index contributed by atoms with van der Waals surface area (Å²) in [6.45, 7) is 2.08. The van der Waals surface area contributed by atoms with Crippen LogP contribution in [0.4, 0.5) is 8.78 Å². The van der Waals surface area contributed by atoms with Gasteiger partial charge >= 0.3 is 0 Å². The molecule has 1 aliphatic carbocycles. The number of aryl methyl sites for hydroxylation is 2. The molecule has 0 aliphatic heterocycles. The average Bonchev–Trinajstić information content (AvgIpc) is 2.73. The van der Waals surface area contributed by atoms with E-state index in [0.29, 0.717) is 17.9 Å². The van der Waals surface area contributed by atoms with Crippen LogP contribution in [0.15, 0.2) is 48.6 Å². The quantitative estimate of drug-likeness (QED) is 0.454. The maximum atomic E-state index is 13.7. The Balaban J connectivity index is 1.52. The lowest BCUT2D eigenvalue weighted by atomic mass is 9.77. The highest BCUT2D eigenvalue weighted by atomic mass is 19.1. The number of hydrogen-bond acceptors (Lipinski definition) is 1. The minimum absolute atomic E-state index is 0.505. The second-order valence-corrected chi connectivity index (χ2v) is 8.15. The molecule has 2 aromatic rings. The van der Waals surface area contributed by atoms with Crippen LogP contribution in [0.25, 0.3) is 0 Å². The highest BCUT2D eigenvalue weighted by molar-refractivity contribution is 5.35. The Hall–Kier alpha value is -2.47. The van der Waals surface area contributed by atoms with Crippen molar-refractivity contribution >= 4 is 0 Å².